The highest BCUT2D eigenvalue weighted by Crippen LogP contribution is 2.25. The zero-order chi connectivity index (χ0) is 18.2. The average molecular weight is 348 g/mol. The summed E-state index contributed by atoms with van der Waals surface area (Å²) in [6.07, 6.45) is 0. The van der Waals surface area contributed by atoms with Crippen molar-refractivity contribution in [3.8, 4) is 0 Å². The summed E-state index contributed by atoms with van der Waals surface area (Å²) in [5.41, 5.74) is 5.92. The monoisotopic (exact) mass is 348 g/mol. The number of aliphatic hydroxyl groups is 1. The molecule has 0 spiro atoms. The van der Waals surface area contributed by atoms with Crippen LogP contribution in [0.5, 0.6) is 0 Å². The van der Waals surface area contributed by atoms with E-state index in [1.54, 1.807) is 0 Å². The van der Waals surface area contributed by atoms with Gasteiger partial charge in [0.15, 0.2) is 11.5 Å². The molecule has 2 amide bonds. The number of aromatic nitrogens is 1. The van der Waals surface area contributed by atoms with Crippen molar-refractivity contribution in [1.29, 1.82) is 0 Å². The van der Waals surface area contributed by atoms with Crippen molar-refractivity contribution in [2.24, 2.45) is 5.73 Å². The highest BCUT2D eigenvalue weighted by molar-refractivity contribution is 5.95. The van der Waals surface area contributed by atoms with Crippen molar-refractivity contribution < 1.29 is 23.6 Å². The molecule has 0 bridgehead atoms. The minimum atomic E-state index is -1.01. The number of aryl methyl sites for hydroxylation is 2. The number of likely N-dealkylation sites (tertiary alicyclic amines) is 1. The third-order valence-corrected chi connectivity index (χ3v) is 4.25. The first-order chi connectivity index (χ1) is 11.8. The Morgan fingerprint density at radius 1 is 1.36 bits per heavy atom. The predicted molar refractivity (Wildman–Crippen MR) is 85.8 cm³/mol. The summed E-state index contributed by atoms with van der Waals surface area (Å²) >= 11 is 0. The Kier molecular flexibility index (Phi) is 4.36. The van der Waals surface area contributed by atoms with E-state index in [1.807, 2.05) is 18.7 Å². The lowest BCUT2D eigenvalue weighted by molar-refractivity contribution is -0.0976. The lowest BCUT2D eigenvalue weighted by atomic mass is 9.93. The normalized spacial score (nSPS) is 16.4. The van der Waals surface area contributed by atoms with Gasteiger partial charge < -0.3 is 25.1 Å². The van der Waals surface area contributed by atoms with Crippen LogP contribution in [0, 0.1) is 13.8 Å². The number of hydrogen-bond acceptors (Lipinski definition) is 7. The van der Waals surface area contributed by atoms with Crippen molar-refractivity contribution in [3.05, 3.63) is 40.7 Å². The Bertz CT molecular complexity index is 784. The second kappa shape index (κ2) is 6.34. The van der Waals surface area contributed by atoms with Crippen LogP contribution in [0.3, 0.4) is 0 Å². The van der Waals surface area contributed by atoms with Gasteiger partial charge in [0.1, 0.15) is 11.4 Å². The molecule has 2 aromatic heterocycles. The Balaban J connectivity index is 1.49. The van der Waals surface area contributed by atoms with Crippen LogP contribution in [-0.4, -0.2) is 52.2 Å². The maximum atomic E-state index is 12.0. The first kappa shape index (κ1) is 17.2. The summed E-state index contributed by atoms with van der Waals surface area (Å²) in [7, 11) is 0. The van der Waals surface area contributed by atoms with Crippen LogP contribution in [0.2, 0.25) is 0 Å². The molecule has 3 rings (SSSR count). The summed E-state index contributed by atoms with van der Waals surface area (Å²) < 4.78 is 10.2. The van der Waals surface area contributed by atoms with Crippen LogP contribution in [0.1, 0.15) is 38.1 Å². The van der Waals surface area contributed by atoms with Crippen molar-refractivity contribution in [3.63, 3.8) is 0 Å². The minimum absolute atomic E-state index is 0.0238. The molecule has 0 saturated carbocycles. The topological polar surface area (TPSA) is 135 Å². The fraction of sp³-hybridized carbons (Fsp3) is 0.438. The Labute approximate surface area is 143 Å². The second-order valence-electron chi connectivity index (χ2n) is 6.38. The fourth-order valence-corrected chi connectivity index (χ4v) is 2.89. The number of amides is 2. The van der Waals surface area contributed by atoms with E-state index in [4.69, 9.17) is 14.7 Å². The van der Waals surface area contributed by atoms with Crippen molar-refractivity contribution in [2.75, 3.05) is 19.6 Å². The van der Waals surface area contributed by atoms with E-state index >= 15 is 0 Å². The van der Waals surface area contributed by atoms with E-state index < -0.39 is 17.4 Å². The van der Waals surface area contributed by atoms with E-state index in [-0.39, 0.29) is 18.1 Å². The number of β-amino-alcohol motifs (C(OH)–C–C–N with tert-alkyl or cyclic N) is 1. The van der Waals surface area contributed by atoms with Gasteiger partial charge in [-0.15, -0.1) is 0 Å². The molecule has 3 heterocycles. The molecular formula is C16H20N4O5. The Morgan fingerprint density at radius 2 is 2.04 bits per heavy atom. The molecule has 0 aliphatic carbocycles. The molecule has 0 unspecified atom stereocenters. The van der Waals surface area contributed by atoms with Crippen molar-refractivity contribution in [2.45, 2.75) is 26.0 Å². The number of furan rings is 1. The van der Waals surface area contributed by atoms with Crippen LogP contribution in [0.4, 0.5) is 0 Å². The Hall–Kier alpha value is -2.65. The summed E-state index contributed by atoms with van der Waals surface area (Å²) in [6, 6.07) is 2.70. The van der Waals surface area contributed by atoms with Gasteiger partial charge in [-0.2, -0.15) is 0 Å². The van der Waals surface area contributed by atoms with Gasteiger partial charge in [-0.05, 0) is 26.0 Å². The number of carbonyl (C=O) groups excluding carboxylic acids is 2. The molecular weight excluding hydrogens is 328 g/mol. The largest absolute Gasteiger partial charge is 0.446 e. The third-order valence-electron chi connectivity index (χ3n) is 4.25. The van der Waals surface area contributed by atoms with Gasteiger partial charge in [-0.25, -0.2) is 0 Å². The van der Waals surface area contributed by atoms with Gasteiger partial charge >= 0.3 is 0 Å². The number of carbonyl (C=O) groups is 2. The lowest BCUT2D eigenvalue weighted by Crippen LogP contribution is -2.65. The molecule has 134 valence electrons. The maximum Gasteiger partial charge on any atom is 0.287 e. The van der Waals surface area contributed by atoms with Gasteiger partial charge in [0.25, 0.3) is 11.8 Å². The van der Waals surface area contributed by atoms with Gasteiger partial charge in [-0.1, -0.05) is 5.16 Å². The van der Waals surface area contributed by atoms with Gasteiger partial charge in [0.2, 0.25) is 0 Å². The van der Waals surface area contributed by atoms with Gasteiger partial charge in [-0.3, -0.25) is 14.5 Å². The highest BCUT2D eigenvalue weighted by atomic mass is 16.5. The molecule has 1 fully saturated rings. The maximum absolute atomic E-state index is 12.0. The quantitative estimate of drug-likeness (QED) is 0.666. The summed E-state index contributed by atoms with van der Waals surface area (Å²) in [4.78, 5) is 25.0. The summed E-state index contributed by atoms with van der Waals surface area (Å²) in [5.74, 6) is -0.594. The zero-order valence-corrected chi connectivity index (χ0v) is 14.0. The number of rotatable bonds is 6. The van der Waals surface area contributed by atoms with E-state index in [1.165, 1.54) is 12.1 Å². The van der Waals surface area contributed by atoms with Crippen molar-refractivity contribution >= 4 is 11.8 Å². The fourth-order valence-electron chi connectivity index (χ4n) is 2.89. The number of nitrogens with zero attached hydrogens (tertiary/aromatic N) is 2. The first-order valence-corrected chi connectivity index (χ1v) is 7.82. The first-order valence-electron chi connectivity index (χ1n) is 7.82. The number of primary amides is 1. The third kappa shape index (κ3) is 3.57. The molecule has 4 N–H and O–H groups in total. The number of nitrogens with one attached hydrogen (secondary N) is 1. The van der Waals surface area contributed by atoms with Crippen molar-refractivity contribution in [1.82, 2.24) is 15.4 Å². The highest BCUT2D eigenvalue weighted by Gasteiger charge is 2.41. The number of nitrogens with two attached hydrogens (primary N) is 1. The molecule has 1 saturated heterocycles. The molecule has 1 aliphatic rings. The predicted octanol–water partition coefficient (Wildman–Crippen LogP) is -0.0400. The minimum Gasteiger partial charge on any atom is -0.446 e. The SMILES string of the molecule is Cc1noc(C)c1CN1CC(O)(CNC(=O)c2ccc(C(N)=O)o2)C1. The average Bonchev–Trinajstić information content (AvgIpc) is 3.13. The van der Waals surface area contributed by atoms with Crippen LogP contribution in [0.25, 0.3) is 0 Å². The van der Waals surface area contributed by atoms with Crippen LogP contribution >= 0.6 is 0 Å². The molecule has 0 atom stereocenters. The summed E-state index contributed by atoms with van der Waals surface area (Å²) in [5, 5.41) is 16.9. The van der Waals surface area contributed by atoms with Crippen LogP contribution in [0.15, 0.2) is 21.1 Å². The number of hydrogen-bond donors (Lipinski definition) is 3. The van der Waals surface area contributed by atoms with E-state index in [2.05, 4.69) is 10.5 Å². The summed E-state index contributed by atoms with van der Waals surface area (Å²) in [6.45, 7) is 5.28. The van der Waals surface area contributed by atoms with E-state index in [9.17, 15) is 14.7 Å². The van der Waals surface area contributed by atoms with E-state index in [0.717, 1.165) is 17.0 Å². The molecule has 25 heavy (non-hydrogen) atoms. The lowest BCUT2D eigenvalue weighted by Gasteiger charge is -2.46. The van der Waals surface area contributed by atoms with Gasteiger partial charge in [0, 0.05) is 31.7 Å². The Morgan fingerprint density at radius 3 is 2.60 bits per heavy atom. The molecule has 0 radical (unpaired) electrons. The van der Waals surface area contributed by atoms with E-state index in [0.29, 0.717) is 19.6 Å². The zero-order valence-electron chi connectivity index (χ0n) is 14.0. The molecule has 9 heteroatoms. The molecule has 9 nitrogen and oxygen atoms in total. The molecule has 1 aliphatic heterocycles. The van der Waals surface area contributed by atoms with Crippen LogP contribution < -0.4 is 11.1 Å². The standard InChI is InChI=1S/C16H20N4O5/c1-9-11(10(2)25-19-9)5-20-7-16(23,8-20)6-18-15(22)13-4-3-12(24-13)14(17)21/h3-4,23H,5-8H2,1-2H3,(H2,17,21)(H,18,22). The second-order valence-corrected chi connectivity index (χ2v) is 6.38. The van der Waals surface area contributed by atoms with Gasteiger partial charge in [0.05, 0.1) is 5.69 Å². The van der Waals surface area contributed by atoms with Crippen LogP contribution in [-0.2, 0) is 6.54 Å². The molecule has 0 aromatic carbocycles. The smallest absolute Gasteiger partial charge is 0.287 e. The molecule has 2 aromatic rings.